The van der Waals surface area contributed by atoms with Gasteiger partial charge in [0.1, 0.15) is 5.75 Å². The molecule has 0 unspecified atom stereocenters. The average Bonchev–Trinajstić information content (AvgIpc) is 2.54. The smallest absolute Gasteiger partial charge is 0.253 e. The highest BCUT2D eigenvalue weighted by Gasteiger charge is 2.13. The first-order chi connectivity index (χ1) is 11.4. The third-order valence-electron chi connectivity index (χ3n) is 3.50. The lowest BCUT2D eigenvalue weighted by atomic mass is 10.0. The number of halogens is 2. The molecule has 0 fully saturated rings. The van der Waals surface area contributed by atoms with E-state index in [1.807, 2.05) is 56.3 Å². The first-order valence-electron chi connectivity index (χ1n) is 7.51. The van der Waals surface area contributed by atoms with Crippen molar-refractivity contribution in [2.75, 3.05) is 0 Å². The molecule has 0 N–H and O–H groups in total. The van der Waals surface area contributed by atoms with Crippen molar-refractivity contribution < 1.29 is 9.53 Å². The van der Waals surface area contributed by atoms with Gasteiger partial charge in [0.2, 0.25) is 0 Å². The predicted molar refractivity (Wildman–Crippen MR) is 101 cm³/mol. The van der Waals surface area contributed by atoms with E-state index in [2.05, 4.69) is 20.9 Å². The van der Waals surface area contributed by atoms with E-state index in [1.54, 1.807) is 6.07 Å². The molecule has 0 saturated carbocycles. The number of carbonyl (C=O) groups excluding carboxylic acids is 1. The van der Waals surface area contributed by atoms with Crippen molar-refractivity contribution in [3.05, 3.63) is 58.6 Å². The summed E-state index contributed by atoms with van der Waals surface area (Å²) in [4.78, 5) is 16.5. The molecule has 2 aromatic carbocycles. The fourth-order valence-electron chi connectivity index (χ4n) is 2.48. The maximum absolute atomic E-state index is 11.8. The molecule has 1 heterocycles. The molecule has 0 saturated heterocycles. The van der Waals surface area contributed by atoms with Gasteiger partial charge in [0.25, 0.3) is 5.24 Å². The van der Waals surface area contributed by atoms with Gasteiger partial charge in [-0.3, -0.25) is 4.79 Å². The summed E-state index contributed by atoms with van der Waals surface area (Å²) in [6.45, 7) is 3.96. The van der Waals surface area contributed by atoms with Crippen molar-refractivity contribution in [1.29, 1.82) is 0 Å². The second-order valence-corrected chi connectivity index (χ2v) is 6.94. The van der Waals surface area contributed by atoms with Gasteiger partial charge >= 0.3 is 0 Å². The largest absolute Gasteiger partial charge is 0.491 e. The highest BCUT2D eigenvalue weighted by atomic mass is 79.9. The second-order valence-electron chi connectivity index (χ2n) is 5.68. The van der Waals surface area contributed by atoms with Gasteiger partial charge in [-0.15, -0.1) is 0 Å². The van der Waals surface area contributed by atoms with Crippen LogP contribution in [0.4, 0.5) is 0 Å². The number of hydrogen-bond acceptors (Lipinski definition) is 3. The topological polar surface area (TPSA) is 39.2 Å². The molecule has 0 aliphatic carbocycles. The van der Waals surface area contributed by atoms with E-state index in [0.29, 0.717) is 11.3 Å². The summed E-state index contributed by atoms with van der Waals surface area (Å²) in [5.74, 6) is 0.798. The van der Waals surface area contributed by atoms with Crippen molar-refractivity contribution in [3.63, 3.8) is 0 Å². The zero-order valence-electron chi connectivity index (χ0n) is 13.2. The summed E-state index contributed by atoms with van der Waals surface area (Å²) >= 11 is 9.18. The quantitative estimate of drug-likeness (QED) is 0.513. The highest BCUT2D eigenvalue weighted by Crippen LogP contribution is 2.29. The van der Waals surface area contributed by atoms with Crippen molar-refractivity contribution in [2.45, 2.75) is 20.0 Å². The number of aromatic nitrogens is 1. The van der Waals surface area contributed by atoms with Crippen LogP contribution >= 0.6 is 27.5 Å². The van der Waals surface area contributed by atoms with Crippen molar-refractivity contribution >= 4 is 43.7 Å². The Bertz CT molecular complexity index is 907. The number of fused-ring (bicyclic) bond motifs is 1. The van der Waals surface area contributed by atoms with Crippen LogP contribution in [0.2, 0.25) is 0 Å². The molecule has 0 amide bonds. The summed E-state index contributed by atoms with van der Waals surface area (Å²) in [5.41, 5.74) is 2.77. The van der Waals surface area contributed by atoms with Gasteiger partial charge in [-0.1, -0.05) is 15.9 Å². The van der Waals surface area contributed by atoms with E-state index < -0.39 is 5.24 Å². The minimum Gasteiger partial charge on any atom is -0.491 e. The van der Waals surface area contributed by atoms with Gasteiger partial charge in [-0.25, -0.2) is 4.98 Å². The molecule has 0 aliphatic heterocycles. The Hall–Kier alpha value is -1.91. The summed E-state index contributed by atoms with van der Waals surface area (Å²) in [7, 11) is 0. The molecule has 3 rings (SSSR count). The van der Waals surface area contributed by atoms with E-state index in [9.17, 15) is 4.79 Å². The Morgan fingerprint density at radius 3 is 2.46 bits per heavy atom. The molecule has 0 spiro atoms. The fourth-order valence-corrected chi connectivity index (χ4v) is 3.00. The van der Waals surface area contributed by atoms with Gasteiger partial charge in [-0.2, -0.15) is 0 Å². The zero-order valence-corrected chi connectivity index (χ0v) is 15.6. The van der Waals surface area contributed by atoms with Gasteiger partial charge < -0.3 is 4.74 Å². The summed E-state index contributed by atoms with van der Waals surface area (Å²) in [5, 5.41) is 0.231. The number of rotatable bonds is 4. The Morgan fingerprint density at radius 2 is 1.83 bits per heavy atom. The maximum Gasteiger partial charge on any atom is 0.253 e. The Kier molecular flexibility index (Phi) is 4.88. The Morgan fingerprint density at radius 1 is 1.12 bits per heavy atom. The molecular formula is C19H15BrClNO2. The maximum atomic E-state index is 11.8. The number of ether oxygens (including phenoxy) is 1. The van der Waals surface area contributed by atoms with Crippen molar-refractivity contribution in [1.82, 2.24) is 4.98 Å². The van der Waals surface area contributed by atoms with Gasteiger partial charge in [0, 0.05) is 21.0 Å². The second kappa shape index (κ2) is 6.91. The Balaban J connectivity index is 2.09. The third kappa shape index (κ3) is 3.60. The molecular weight excluding hydrogens is 390 g/mol. The highest BCUT2D eigenvalue weighted by molar-refractivity contribution is 9.10. The van der Waals surface area contributed by atoms with Crippen LogP contribution in [-0.2, 0) is 0 Å². The number of pyridine rings is 1. The van der Waals surface area contributed by atoms with E-state index in [4.69, 9.17) is 16.3 Å². The van der Waals surface area contributed by atoms with E-state index >= 15 is 0 Å². The molecule has 0 bridgehead atoms. The lowest BCUT2D eigenvalue weighted by molar-refractivity contribution is 0.108. The average molecular weight is 405 g/mol. The monoisotopic (exact) mass is 403 g/mol. The first-order valence-corrected chi connectivity index (χ1v) is 8.68. The van der Waals surface area contributed by atoms with Gasteiger partial charge in [-0.05, 0) is 74.0 Å². The lowest BCUT2D eigenvalue weighted by Crippen LogP contribution is -2.05. The first kappa shape index (κ1) is 16.9. The SMILES string of the molecule is CC(C)Oc1ccc(-c2cc(C(=O)Cl)c3cc(Br)ccc3n2)cc1. The fraction of sp³-hybridized carbons (Fsp3) is 0.158. The Labute approximate surface area is 153 Å². The van der Waals surface area contributed by atoms with Crippen LogP contribution in [0.1, 0.15) is 24.2 Å². The molecule has 3 aromatic rings. The summed E-state index contributed by atoms with van der Waals surface area (Å²) in [6, 6.07) is 15.0. The lowest BCUT2D eigenvalue weighted by Gasteiger charge is -2.11. The van der Waals surface area contributed by atoms with E-state index in [0.717, 1.165) is 26.7 Å². The summed E-state index contributed by atoms with van der Waals surface area (Å²) in [6.07, 6.45) is 0.119. The number of nitrogens with zero attached hydrogens (tertiary/aromatic N) is 1. The van der Waals surface area contributed by atoms with E-state index in [1.165, 1.54) is 0 Å². The molecule has 1 aromatic heterocycles. The number of benzene rings is 2. The van der Waals surface area contributed by atoms with Crippen LogP contribution in [0.3, 0.4) is 0 Å². The van der Waals surface area contributed by atoms with Crippen molar-refractivity contribution in [3.8, 4) is 17.0 Å². The van der Waals surface area contributed by atoms with Gasteiger partial charge in [0.05, 0.1) is 17.3 Å². The van der Waals surface area contributed by atoms with Crippen LogP contribution in [0, 0.1) is 0 Å². The summed E-state index contributed by atoms with van der Waals surface area (Å²) < 4.78 is 6.52. The van der Waals surface area contributed by atoms with Crippen LogP contribution in [0.15, 0.2) is 53.0 Å². The van der Waals surface area contributed by atoms with E-state index in [-0.39, 0.29) is 6.10 Å². The minimum atomic E-state index is -0.499. The number of hydrogen-bond donors (Lipinski definition) is 0. The zero-order chi connectivity index (χ0) is 17.3. The van der Waals surface area contributed by atoms with Gasteiger partial charge in [0.15, 0.2) is 0 Å². The molecule has 122 valence electrons. The molecule has 0 atom stereocenters. The molecule has 5 heteroatoms. The van der Waals surface area contributed by atoms with Crippen LogP contribution in [-0.4, -0.2) is 16.3 Å². The molecule has 3 nitrogen and oxygen atoms in total. The van der Waals surface area contributed by atoms with Crippen LogP contribution in [0.5, 0.6) is 5.75 Å². The standard InChI is InChI=1S/C19H15BrClNO2/c1-11(2)24-14-6-3-12(4-7-14)18-10-16(19(21)23)15-9-13(20)5-8-17(15)22-18/h3-11H,1-2H3. The predicted octanol–water partition coefficient (Wildman–Crippen LogP) is 5.83. The molecule has 0 radical (unpaired) electrons. The minimum absolute atomic E-state index is 0.119. The van der Waals surface area contributed by atoms with Crippen molar-refractivity contribution in [2.24, 2.45) is 0 Å². The third-order valence-corrected chi connectivity index (χ3v) is 4.20. The normalized spacial score (nSPS) is 11.0. The number of carbonyl (C=O) groups is 1. The molecule has 0 aliphatic rings. The van der Waals surface area contributed by atoms with Crippen LogP contribution in [0.25, 0.3) is 22.2 Å². The van der Waals surface area contributed by atoms with Crippen LogP contribution < -0.4 is 4.74 Å². The molecule has 24 heavy (non-hydrogen) atoms.